The summed E-state index contributed by atoms with van der Waals surface area (Å²) < 4.78 is 5.44. The zero-order valence-corrected chi connectivity index (χ0v) is 9.37. The van der Waals surface area contributed by atoms with Gasteiger partial charge in [-0.05, 0) is 18.8 Å². The van der Waals surface area contributed by atoms with Gasteiger partial charge in [-0.25, -0.2) is 0 Å². The van der Waals surface area contributed by atoms with E-state index >= 15 is 0 Å². The molecule has 14 heavy (non-hydrogen) atoms. The monoisotopic (exact) mass is 198 g/mol. The van der Waals surface area contributed by atoms with Crippen molar-refractivity contribution in [3.8, 4) is 0 Å². The van der Waals surface area contributed by atoms with Crippen LogP contribution in [0.25, 0.3) is 0 Å². The third-order valence-corrected chi connectivity index (χ3v) is 3.27. The van der Waals surface area contributed by atoms with Crippen LogP contribution in [0.2, 0.25) is 0 Å². The lowest BCUT2D eigenvalue weighted by Crippen LogP contribution is -2.22. The first-order valence-corrected chi connectivity index (χ1v) is 5.81. The van der Waals surface area contributed by atoms with E-state index in [9.17, 15) is 4.79 Å². The van der Waals surface area contributed by atoms with Gasteiger partial charge in [0.15, 0.2) is 0 Å². The van der Waals surface area contributed by atoms with Gasteiger partial charge in [-0.15, -0.1) is 0 Å². The summed E-state index contributed by atoms with van der Waals surface area (Å²) in [4.78, 5) is 10.4. The van der Waals surface area contributed by atoms with Crippen molar-refractivity contribution in [1.29, 1.82) is 0 Å². The summed E-state index contributed by atoms with van der Waals surface area (Å²) in [7, 11) is 0. The first-order valence-electron chi connectivity index (χ1n) is 5.81. The number of carbonyl (C=O) groups excluding carboxylic acids is 1. The summed E-state index contributed by atoms with van der Waals surface area (Å²) >= 11 is 0. The second-order valence-electron chi connectivity index (χ2n) is 4.55. The summed E-state index contributed by atoms with van der Waals surface area (Å²) in [6, 6.07) is 0. The largest absolute Gasteiger partial charge is 0.371 e. The minimum atomic E-state index is -0.235. The minimum absolute atomic E-state index is 0.235. The highest BCUT2D eigenvalue weighted by atomic mass is 16.5. The molecule has 0 aromatic heterocycles. The highest BCUT2D eigenvalue weighted by molar-refractivity contribution is 5.55. The van der Waals surface area contributed by atoms with E-state index in [4.69, 9.17) is 4.74 Å². The van der Waals surface area contributed by atoms with Crippen molar-refractivity contribution in [2.24, 2.45) is 11.8 Å². The normalized spacial score (nSPS) is 23.0. The maximum absolute atomic E-state index is 10.4. The summed E-state index contributed by atoms with van der Waals surface area (Å²) in [5, 5.41) is 0. The second kappa shape index (κ2) is 6.18. The van der Waals surface area contributed by atoms with Crippen LogP contribution in [-0.4, -0.2) is 19.0 Å². The number of rotatable bonds is 5. The Balaban J connectivity index is 2.19. The lowest BCUT2D eigenvalue weighted by atomic mass is 9.81. The van der Waals surface area contributed by atoms with Crippen LogP contribution in [0.1, 0.15) is 46.0 Å². The van der Waals surface area contributed by atoms with Crippen LogP contribution >= 0.6 is 0 Å². The lowest BCUT2D eigenvalue weighted by molar-refractivity contribution is -0.118. The van der Waals surface area contributed by atoms with Crippen molar-refractivity contribution < 1.29 is 9.53 Å². The molecule has 1 rings (SSSR count). The fourth-order valence-electron chi connectivity index (χ4n) is 2.18. The Bertz CT molecular complexity index is 162. The molecule has 0 N–H and O–H groups in total. The van der Waals surface area contributed by atoms with Gasteiger partial charge in [0, 0.05) is 0 Å². The van der Waals surface area contributed by atoms with Crippen molar-refractivity contribution in [3.63, 3.8) is 0 Å². The van der Waals surface area contributed by atoms with E-state index in [0.29, 0.717) is 5.92 Å². The van der Waals surface area contributed by atoms with Crippen LogP contribution in [0.5, 0.6) is 0 Å². The molecule has 0 bridgehead atoms. The predicted octanol–water partition coefficient (Wildman–Crippen LogP) is 2.81. The van der Waals surface area contributed by atoms with E-state index < -0.39 is 0 Å². The maximum atomic E-state index is 10.4. The molecule has 0 amide bonds. The van der Waals surface area contributed by atoms with Crippen LogP contribution in [0.3, 0.4) is 0 Å². The van der Waals surface area contributed by atoms with E-state index in [1.165, 1.54) is 32.1 Å². The predicted molar refractivity (Wildman–Crippen MR) is 57.2 cm³/mol. The van der Waals surface area contributed by atoms with Crippen molar-refractivity contribution >= 4 is 6.29 Å². The molecule has 1 saturated carbocycles. The highest BCUT2D eigenvalue weighted by Crippen LogP contribution is 2.29. The molecule has 1 aliphatic rings. The van der Waals surface area contributed by atoms with Crippen molar-refractivity contribution in [3.05, 3.63) is 0 Å². The van der Waals surface area contributed by atoms with Crippen molar-refractivity contribution in [2.75, 3.05) is 6.61 Å². The highest BCUT2D eigenvalue weighted by Gasteiger charge is 2.20. The topological polar surface area (TPSA) is 26.3 Å². The van der Waals surface area contributed by atoms with Gasteiger partial charge >= 0.3 is 0 Å². The molecule has 1 fully saturated rings. The van der Waals surface area contributed by atoms with Gasteiger partial charge in [0.2, 0.25) is 0 Å². The van der Waals surface area contributed by atoms with Gasteiger partial charge in [0.25, 0.3) is 0 Å². The Morgan fingerprint density at radius 1 is 1.29 bits per heavy atom. The second-order valence-corrected chi connectivity index (χ2v) is 4.55. The molecule has 2 heteroatoms. The van der Waals surface area contributed by atoms with E-state index in [0.717, 1.165) is 18.8 Å². The Hall–Kier alpha value is -0.370. The molecule has 0 heterocycles. The van der Waals surface area contributed by atoms with Crippen LogP contribution in [0.4, 0.5) is 0 Å². The van der Waals surface area contributed by atoms with E-state index in [-0.39, 0.29) is 6.10 Å². The van der Waals surface area contributed by atoms with E-state index in [1.54, 1.807) is 6.92 Å². The standard InChI is InChI=1S/C12H22O2/c1-10(9-14-11(2)8-13)12-6-4-3-5-7-12/h8,10-12H,3-7,9H2,1-2H3. The van der Waals surface area contributed by atoms with Crippen LogP contribution in [-0.2, 0) is 9.53 Å². The molecule has 2 unspecified atom stereocenters. The lowest BCUT2D eigenvalue weighted by Gasteiger charge is -2.27. The average Bonchev–Trinajstić information content (AvgIpc) is 2.26. The third-order valence-electron chi connectivity index (χ3n) is 3.27. The van der Waals surface area contributed by atoms with Gasteiger partial charge < -0.3 is 9.53 Å². The van der Waals surface area contributed by atoms with Gasteiger partial charge in [0.05, 0.1) is 6.61 Å². The molecule has 0 aromatic carbocycles. The SMILES string of the molecule is CC(C=O)OCC(C)C1CCCCC1. The fraction of sp³-hybridized carbons (Fsp3) is 0.917. The van der Waals surface area contributed by atoms with Crippen LogP contribution < -0.4 is 0 Å². The number of hydrogen-bond acceptors (Lipinski definition) is 2. The van der Waals surface area contributed by atoms with Gasteiger partial charge in [0.1, 0.15) is 12.4 Å². The Morgan fingerprint density at radius 2 is 1.93 bits per heavy atom. The number of hydrogen-bond donors (Lipinski definition) is 0. The van der Waals surface area contributed by atoms with Gasteiger partial charge in [-0.2, -0.15) is 0 Å². The Labute approximate surface area is 87.0 Å². The van der Waals surface area contributed by atoms with Crippen LogP contribution in [0.15, 0.2) is 0 Å². The minimum Gasteiger partial charge on any atom is -0.371 e. The summed E-state index contributed by atoms with van der Waals surface area (Å²) in [6.07, 6.45) is 7.47. The first kappa shape index (κ1) is 11.7. The quantitative estimate of drug-likeness (QED) is 0.635. The zero-order valence-electron chi connectivity index (χ0n) is 9.37. The van der Waals surface area contributed by atoms with Crippen LogP contribution in [0, 0.1) is 11.8 Å². The maximum Gasteiger partial charge on any atom is 0.148 e. The fourth-order valence-corrected chi connectivity index (χ4v) is 2.18. The number of aldehydes is 1. The Kier molecular flexibility index (Phi) is 5.16. The molecule has 2 atom stereocenters. The molecular weight excluding hydrogens is 176 g/mol. The summed E-state index contributed by atoms with van der Waals surface area (Å²) in [5.41, 5.74) is 0. The smallest absolute Gasteiger partial charge is 0.148 e. The molecule has 82 valence electrons. The van der Waals surface area contributed by atoms with E-state index in [1.807, 2.05) is 0 Å². The number of carbonyl (C=O) groups is 1. The van der Waals surface area contributed by atoms with Gasteiger partial charge in [-0.1, -0.05) is 39.0 Å². The summed E-state index contributed by atoms with van der Waals surface area (Å²) in [5.74, 6) is 1.43. The molecule has 0 radical (unpaired) electrons. The molecule has 2 nitrogen and oxygen atoms in total. The zero-order chi connectivity index (χ0) is 10.4. The molecule has 0 spiro atoms. The Morgan fingerprint density at radius 3 is 2.50 bits per heavy atom. The number of ether oxygens (including phenoxy) is 1. The third kappa shape index (κ3) is 3.79. The molecule has 1 aliphatic carbocycles. The van der Waals surface area contributed by atoms with E-state index in [2.05, 4.69) is 6.92 Å². The molecular formula is C12H22O2. The van der Waals surface area contributed by atoms with Crippen molar-refractivity contribution in [1.82, 2.24) is 0 Å². The van der Waals surface area contributed by atoms with Crippen molar-refractivity contribution in [2.45, 2.75) is 52.1 Å². The molecule has 0 aliphatic heterocycles. The first-order chi connectivity index (χ1) is 6.74. The van der Waals surface area contributed by atoms with Gasteiger partial charge in [-0.3, -0.25) is 0 Å². The average molecular weight is 198 g/mol. The molecule has 0 aromatic rings. The molecule has 0 saturated heterocycles. The summed E-state index contributed by atoms with van der Waals surface area (Å²) in [6.45, 7) is 4.79.